The Bertz CT molecular complexity index is 108. The molecule has 1 saturated carbocycles. The standard InChI is InChI=1S/C7H15NO2/c1-2-8-6-3-5(9)4-7(6)10/h5-10H,2-4H2,1H3/t5-,6-,7+/m1/s1. The van der Waals surface area contributed by atoms with Crippen LogP contribution >= 0.6 is 0 Å². The van der Waals surface area contributed by atoms with Crippen LogP contribution in [0.1, 0.15) is 19.8 Å². The fourth-order valence-electron chi connectivity index (χ4n) is 1.47. The lowest BCUT2D eigenvalue weighted by Gasteiger charge is -2.13. The second-order valence-electron chi connectivity index (χ2n) is 2.86. The van der Waals surface area contributed by atoms with Crippen molar-refractivity contribution in [3.05, 3.63) is 0 Å². The van der Waals surface area contributed by atoms with Crippen LogP contribution in [0.15, 0.2) is 0 Å². The third-order valence-electron chi connectivity index (χ3n) is 1.97. The van der Waals surface area contributed by atoms with Gasteiger partial charge in [0.15, 0.2) is 0 Å². The lowest BCUT2D eigenvalue weighted by atomic mass is 10.2. The lowest BCUT2D eigenvalue weighted by Crippen LogP contribution is -2.35. The molecule has 0 spiro atoms. The maximum absolute atomic E-state index is 9.27. The molecule has 0 aromatic carbocycles. The van der Waals surface area contributed by atoms with E-state index >= 15 is 0 Å². The van der Waals surface area contributed by atoms with Crippen molar-refractivity contribution in [2.45, 2.75) is 38.0 Å². The first-order valence-electron chi connectivity index (χ1n) is 3.83. The third-order valence-corrected chi connectivity index (χ3v) is 1.97. The highest BCUT2D eigenvalue weighted by molar-refractivity contribution is 4.87. The molecule has 60 valence electrons. The molecule has 0 aromatic rings. The highest BCUT2D eigenvalue weighted by atomic mass is 16.3. The summed E-state index contributed by atoms with van der Waals surface area (Å²) in [5.41, 5.74) is 0. The Kier molecular flexibility index (Phi) is 2.65. The smallest absolute Gasteiger partial charge is 0.0718 e. The van der Waals surface area contributed by atoms with E-state index in [0.29, 0.717) is 12.8 Å². The first kappa shape index (κ1) is 7.98. The summed E-state index contributed by atoms with van der Waals surface area (Å²) < 4.78 is 0. The Morgan fingerprint density at radius 2 is 2.10 bits per heavy atom. The number of aliphatic hydroxyl groups excluding tert-OH is 2. The van der Waals surface area contributed by atoms with Crippen LogP contribution in [0.3, 0.4) is 0 Å². The second kappa shape index (κ2) is 3.32. The first-order chi connectivity index (χ1) is 4.74. The molecular formula is C7H15NO2. The van der Waals surface area contributed by atoms with Crippen LogP contribution in [0.4, 0.5) is 0 Å². The van der Waals surface area contributed by atoms with Crippen LogP contribution in [0, 0.1) is 0 Å². The van der Waals surface area contributed by atoms with Crippen LogP contribution in [0.5, 0.6) is 0 Å². The number of hydrogen-bond acceptors (Lipinski definition) is 3. The summed E-state index contributed by atoms with van der Waals surface area (Å²) in [7, 11) is 0. The van der Waals surface area contributed by atoms with Gasteiger partial charge in [-0.15, -0.1) is 0 Å². The molecule has 3 N–H and O–H groups in total. The molecule has 0 unspecified atom stereocenters. The van der Waals surface area contributed by atoms with Crippen LogP contribution in [0.2, 0.25) is 0 Å². The summed E-state index contributed by atoms with van der Waals surface area (Å²) in [5.74, 6) is 0. The molecule has 0 aliphatic heterocycles. The molecule has 10 heavy (non-hydrogen) atoms. The largest absolute Gasteiger partial charge is 0.393 e. The van der Waals surface area contributed by atoms with Gasteiger partial charge < -0.3 is 15.5 Å². The van der Waals surface area contributed by atoms with E-state index in [1.54, 1.807) is 0 Å². The quantitative estimate of drug-likeness (QED) is 0.490. The van der Waals surface area contributed by atoms with Crippen LogP contribution in [-0.4, -0.2) is 35.0 Å². The average molecular weight is 145 g/mol. The van der Waals surface area contributed by atoms with Gasteiger partial charge in [0, 0.05) is 12.5 Å². The van der Waals surface area contributed by atoms with Gasteiger partial charge in [-0.3, -0.25) is 0 Å². The first-order valence-corrected chi connectivity index (χ1v) is 3.83. The average Bonchev–Trinajstić information content (AvgIpc) is 2.13. The van der Waals surface area contributed by atoms with Crippen molar-refractivity contribution >= 4 is 0 Å². The van der Waals surface area contributed by atoms with E-state index in [2.05, 4.69) is 5.32 Å². The van der Waals surface area contributed by atoms with Gasteiger partial charge in [0.1, 0.15) is 0 Å². The molecule has 0 radical (unpaired) electrons. The molecule has 1 fully saturated rings. The monoisotopic (exact) mass is 145 g/mol. The molecular weight excluding hydrogens is 130 g/mol. The zero-order chi connectivity index (χ0) is 7.56. The summed E-state index contributed by atoms with van der Waals surface area (Å²) in [6.45, 7) is 2.85. The maximum Gasteiger partial charge on any atom is 0.0718 e. The van der Waals surface area contributed by atoms with Crippen LogP contribution < -0.4 is 5.32 Å². The van der Waals surface area contributed by atoms with Gasteiger partial charge in [-0.05, 0) is 13.0 Å². The van der Waals surface area contributed by atoms with Crippen molar-refractivity contribution in [3.63, 3.8) is 0 Å². The molecule has 0 amide bonds. The van der Waals surface area contributed by atoms with E-state index in [-0.39, 0.29) is 18.2 Å². The molecule has 1 aliphatic carbocycles. The highest BCUT2D eigenvalue weighted by Gasteiger charge is 2.30. The second-order valence-corrected chi connectivity index (χ2v) is 2.86. The summed E-state index contributed by atoms with van der Waals surface area (Å²) >= 11 is 0. The van der Waals surface area contributed by atoms with E-state index in [1.807, 2.05) is 6.92 Å². The normalized spacial score (nSPS) is 40.5. The van der Waals surface area contributed by atoms with E-state index < -0.39 is 0 Å². The van der Waals surface area contributed by atoms with Crippen molar-refractivity contribution in [2.24, 2.45) is 0 Å². The number of likely N-dealkylation sites (N-methyl/N-ethyl adjacent to an activating group) is 1. The molecule has 0 bridgehead atoms. The van der Waals surface area contributed by atoms with E-state index in [4.69, 9.17) is 5.11 Å². The fourth-order valence-corrected chi connectivity index (χ4v) is 1.47. The van der Waals surface area contributed by atoms with Crippen molar-refractivity contribution in [1.29, 1.82) is 0 Å². The van der Waals surface area contributed by atoms with Gasteiger partial charge in [0.2, 0.25) is 0 Å². The van der Waals surface area contributed by atoms with Gasteiger partial charge in [-0.2, -0.15) is 0 Å². The molecule has 0 heterocycles. The SMILES string of the molecule is CCN[C@@H]1C[C@@H](O)C[C@@H]1O. The lowest BCUT2D eigenvalue weighted by molar-refractivity contribution is 0.128. The minimum Gasteiger partial charge on any atom is -0.393 e. The Balaban J connectivity index is 2.31. The van der Waals surface area contributed by atoms with Gasteiger partial charge in [0.05, 0.1) is 12.2 Å². The van der Waals surface area contributed by atoms with Crippen molar-refractivity contribution in [2.75, 3.05) is 6.54 Å². The molecule has 0 saturated heterocycles. The summed E-state index contributed by atoms with van der Waals surface area (Å²) in [6, 6.07) is 0.111. The van der Waals surface area contributed by atoms with Crippen molar-refractivity contribution in [1.82, 2.24) is 5.32 Å². The molecule has 3 heteroatoms. The van der Waals surface area contributed by atoms with E-state index in [0.717, 1.165) is 6.54 Å². The summed E-state index contributed by atoms with van der Waals surface area (Å²) in [4.78, 5) is 0. The molecule has 1 aliphatic rings. The van der Waals surface area contributed by atoms with Crippen molar-refractivity contribution in [3.8, 4) is 0 Å². The molecule has 3 atom stereocenters. The molecule has 0 aromatic heterocycles. The van der Waals surface area contributed by atoms with Gasteiger partial charge in [-0.25, -0.2) is 0 Å². The van der Waals surface area contributed by atoms with Gasteiger partial charge in [-0.1, -0.05) is 6.92 Å². The Labute approximate surface area is 61.1 Å². The van der Waals surface area contributed by atoms with Gasteiger partial charge >= 0.3 is 0 Å². The number of hydrogen-bond donors (Lipinski definition) is 3. The molecule has 3 nitrogen and oxygen atoms in total. The zero-order valence-electron chi connectivity index (χ0n) is 6.25. The summed E-state index contributed by atoms with van der Waals surface area (Å²) in [6.07, 6.45) is 0.557. The predicted molar refractivity (Wildman–Crippen MR) is 38.7 cm³/mol. The third kappa shape index (κ3) is 1.68. The number of nitrogens with one attached hydrogen (secondary N) is 1. The fraction of sp³-hybridized carbons (Fsp3) is 1.00. The van der Waals surface area contributed by atoms with Crippen molar-refractivity contribution < 1.29 is 10.2 Å². The topological polar surface area (TPSA) is 52.5 Å². The van der Waals surface area contributed by atoms with Crippen LogP contribution in [-0.2, 0) is 0 Å². The minimum atomic E-state index is -0.352. The predicted octanol–water partition coefficient (Wildman–Crippen LogP) is -0.520. The van der Waals surface area contributed by atoms with E-state index in [1.165, 1.54) is 0 Å². The highest BCUT2D eigenvalue weighted by Crippen LogP contribution is 2.19. The number of aliphatic hydroxyl groups is 2. The Hall–Kier alpha value is -0.120. The Morgan fingerprint density at radius 3 is 2.50 bits per heavy atom. The minimum absolute atomic E-state index is 0.111. The zero-order valence-corrected chi connectivity index (χ0v) is 6.25. The van der Waals surface area contributed by atoms with E-state index in [9.17, 15) is 5.11 Å². The maximum atomic E-state index is 9.27. The Morgan fingerprint density at radius 1 is 1.40 bits per heavy atom. The summed E-state index contributed by atoms with van der Waals surface area (Å²) in [5, 5.41) is 21.5. The number of rotatable bonds is 2. The van der Waals surface area contributed by atoms with Gasteiger partial charge in [0.25, 0.3) is 0 Å². The van der Waals surface area contributed by atoms with Crippen LogP contribution in [0.25, 0.3) is 0 Å². The molecule has 1 rings (SSSR count).